The summed E-state index contributed by atoms with van der Waals surface area (Å²) in [5, 5.41) is 12.4. The molecule has 1 aromatic heterocycles. The highest BCUT2D eigenvalue weighted by Crippen LogP contribution is 2.16. The van der Waals surface area contributed by atoms with Gasteiger partial charge in [-0.25, -0.2) is 0 Å². The largest absolute Gasteiger partial charge is 0.299 e. The number of benzene rings is 1. The lowest BCUT2D eigenvalue weighted by atomic mass is 10.1. The fraction of sp³-hybridized carbons (Fsp3) is 0.500. The lowest BCUT2D eigenvalue weighted by Gasteiger charge is -2.34. The molecule has 134 valence electrons. The third-order valence-corrected chi connectivity index (χ3v) is 5.49. The zero-order chi connectivity index (χ0) is 17.6. The second kappa shape index (κ2) is 8.51. The summed E-state index contributed by atoms with van der Waals surface area (Å²) >= 11 is 1.45. The summed E-state index contributed by atoms with van der Waals surface area (Å²) in [5.74, 6) is -0.00819. The summed E-state index contributed by atoms with van der Waals surface area (Å²) in [6, 6.07) is 8.53. The van der Waals surface area contributed by atoms with E-state index in [-0.39, 0.29) is 5.91 Å². The first kappa shape index (κ1) is 18.0. The van der Waals surface area contributed by atoms with Crippen molar-refractivity contribution in [3.63, 3.8) is 0 Å². The van der Waals surface area contributed by atoms with Crippen molar-refractivity contribution in [3.8, 4) is 0 Å². The zero-order valence-corrected chi connectivity index (χ0v) is 15.7. The second-order valence-electron chi connectivity index (χ2n) is 6.38. The SMILES string of the molecule is CCc1nnc(NC(=O)CN2CCN(Cc3ccccc3C)CC2)s1. The maximum atomic E-state index is 12.2. The van der Waals surface area contributed by atoms with Crippen LogP contribution < -0.4 is 5.32 Å². The Hall–Kier alpha value is -1.83. The summed E-state index contributed by atoms with van der Waals surface area (Å²) in [6.45, 7) is 9.39. The highest BCUT2D eigenvalue weighted by molar-refractivity contribution is 7.15. The van der Waals surface area contributed by atoms with Gasteiger partial charge in [-0.2, -0.15) is 0 Å². The molecule has 1 amide bonds. The monoisotopic (exact) mass is 359 g/mol. The van der Waals surface area contributed by atoms with E-state index < -0.39 is 0 Å². The number of anilines is 1. The number of aromatic nitrogens is 2. The van der Waals surface area contributed by atoms with Gasteiger partial charge in [0, 0.05) is 32.7 Å². The zero-order valence-electron chi connectivity index (χ0n) is 14.9. The number of nitrogens with one attached hydrogen (secondary N) is 1. The summed E-state index contributed by atoms with van der Waals surface area (Å²) in [5.41, 5.74) is 2.73. The summed E-state index contributed by atoms with van der Waals surface area (Å²) in [4.78, 5) is 16.8. The molecule has 0 saturated carbocycles. The molecule has 25 heavy (non-hydrogen) atoms. The van der Waals surface area contributed by atoms with Crippen LogP contribution in [0.4, 0.5) is 5.13 Å². The first-order chi connectivity index (χ1) is 12.1. The van der Waals surface area contributed by atoms with E-state index >= 15 is 0 Å². The van der Waals surface area contributed by atoms with Gasteiger partial charge < -0.3 is 0 Å². The maximum Gasteiger partial charge on any atom is 0.240 e. The Bertz CT molecular complexity index is 709. The van der Waals surface area contributed by atoms with E-state index in [1.165, 1.54) is 22.5 Å². The molecule has 0 radical (unpaired) electrons. The van der Waals surface area contributed by atoms with Gasteiger partial charge in [-0.3, -0.25) is 19.9 Å². The number of rotatable bonds is 6. The molecule has 1 aromatic carbocycles. The van der Waals surface area contributed by atoms with Gasteiger partial charge in [0.15, 0.2) is 0 Å². The normalized spacial score (nSPS) is 16.1. The van der Waals surface area contributed by atoms with E-state index in [1.807, 2.05) is 6.92 Å². The van der Waals surface area contributed by atoms with Crippen LogP contribution in [0.15, 0.2) is 24.3 Å². The molecular weight excluding hydrogens is 334 g/mol. The van der Waals surface area contributed by atoms with Crippen LogP contribution in [0.5, 0.6) is 0 Å². The number of aryl methyl sites for hydroxylation is 2. The summed E-state index contributed by atoms with van der Waals surface area (Å²) in [7, 11) is 0. The highest BCUT2D eigenvalue weighted by Gasteiger charge is 2.20. The van der Waals surface area contributed by atoms with Crippen molar-refractivity contribution in [2.45, 2.75) is 26.8 Å². The first-order valence-corrected chi connectivity index (χ1v) is 9.57. The van der Waals surface area contributed by atoms with Gasteiger partial charge in [0.1, 0.15) is 5.01 Å². The average Bonchev–Trinajstić information content (AvgIpc) is 3.06. The lowest BCUT2D eigenvalue weighted by Crippen LogP contribution is -2.48. The number of hydrogen-bond acceptors (Lipinski definition) is 6. The maximum absolute atomic E-state index is 12.2. The van der Waals surface area contributed by atoms with Crippen LogP contribution in [-0.4, -0.2) is 58.6 Å². The van der Waals surface area contributed by atoms with Crippen molar-refractivity contribution in [2.24, 2.45) is 0 Å². The van der Waals surface area contributed by atoms with Crippen molar-refractivity contribution in [1.82, 2.24) is 20.0 Å². The standard InChI is InChI=1S/C18H25N5OS/c1-3-17-20-21-18(25-17)19-16(24)13-23-10-8-22(9-11-23)12-15-7-5-4-6-14(15)2/h4-7H,3,8-13H2,1-2H3,(H,19,21,24). The molecule has 1 N–H and O–H groups in total. The fourth-order valence-electron chi connectivity index (χ4n) is 2.94. The quantitative estimate of drug-likeness (QED) is 0.856. The topological polar surface area (TPSA) is 61.4 Å². The number of carbonyl (C=O) groups excluding carboxylic acids is 1. The molecule has 1 saturated heterocycles. The van der Waals surface area contributed by atoms with E-state index in [0.717, 1.165) is 44.2 Å². The van der Waals surface area contributed by atoms with Crippen LogP contribution in [0.2, 0.25) is 0 Å². The number of hydrogen-bond donors (Lipinski definition) is 1. The highest BCUT2D eigenvalue weighted by atomic mass is 32.1. The van der Waals surface area contributed by atoms with Crippen LogP contribution >= 0.6 is 11.3 Å². The Morgan fingerprint density at radius 1 is 1.16 bits per heavy atom. The van der Waals surface area contributed by atoms with Crippen molar-refractivity contribution in [3.05, 3.63) is 40.4 Å². The third kappa shape index (κ3) is 5.07. The molecule has 0 aliphatic carbocycles. The van der Waals surface area contributed by atoms with Crippen molar-refractivity contribution >= 4 is 22.4 Å². The second-order valence-corrected chi connectivity index (χ2v) is 7.44. The molecule has 1 fully saturated rings. The van der Waals surface area contributed by atoms with Gasteiger partial charge in [0.05, 0.1) is 6.54 Å². The molecule has 0 bridgehead atoms. The van der Waals surface area contributed by atoms with Gasteiger partial charge in [0.2, 0.25) is 11.0 Å². The van der Waals surface area contributed by atoms with E-state index in [9.17, 15) is 4.79 Å². The Labute approximate surface area is 152 Å². The third-order valence-electron chi connectivity index (χ3n) is 4.50. The predicted molar refractivity (Wildman–Crippen MR) is 101 cm³/mol. The van der Waals surface area contributed by atoms with E-state index in [1.54, 1.807) is 0 Å². The molecule has 3 rings (SSSR count). The van der Waals surface area contributed by atoms with Crippen molar-refractivity contribution < 1.29 is 4.79 Å². The molecule has 0 atom stereocenters. The van der Waals surface area contributed by atoms with E-state index in [0.29, 0.717) is 11.7 Å². The molecule has 0 unspecified atom stereocenters. The van der Waals surface area contributed by atoms with Crippen LogP contribution in [0.1, 0.15) is 23.1 Å². The number of piperazine rings is 1. The van der Waals surface area contributed by atoms with Crippen LogP contribution in [0, 0.1) is 6.92 Å². The molecule has 6 nitrogen and oxygen atoms in total. The number of amides is 1. The van der Waals surface area contributed by atoms with E-state index in [2.05, 4.69) is 56.5 Å². The molecule has 2 heterocycles. The number of nitrogens with zero attached hydrogens (tertiary/aromatic N) is 4. The number of carbonyl (C=O) groups is 1. The minimum absolute atomic E-state index is 0.00819. The smallest absolute Gasteiger partial charge is 0.240 e. The molecule has 7 heteroatoms. The van der Waals surface area contributed by atoms with Crippen LogP contribution in [0.3, 0.4) is 0 Å². The van der Waals surface area contributed by atoms with Gasteiger partial charge in [0.25, 0.3) is 0 Å². The summed E-state index contributed by atoms with van der Waals surface area (Å²) < 4.78 is 0. The van der Waals surface area contributed by atoms with Crippen molar-refractivity contribution in [1.29, 1.82) is 0 Å². The van der Waals surface area contributed by atoms with Gasteiger partial charge in [-0.15, -0.1) is 10.2 Å². The van der Waals surface area contributed by atoms with Crippen LogP contribution in [0.25, 0.3) is 0 Å². The molecule has 1 aliphatic heterocycles. The minimum Gasteiger partial charge on any atom is -0.299 e. The predicted octanol–water partition coefficient (Wildman–Crippen LogP) is 2.17. The minimum atomic E-state index is -0.00819. The summed E-state index contributed by atoms with van der Waals surface area (Å²) in [6.07, 6.45) is 0.844. The first-order valence-electron chi connectivity index (χ1n) is 8.75. The Balaban J connectivity index is 1.43. The molecule has 2 aromatic rings. The molecular formula is C18H25N5OS. The van der Waals surface area contributed by atoms with Gasteiger partial charge in [-0.05, 0) is 24.5 Å². The van der Waals surface area contributed by atoms with E-state index in [4.69, 9.17) is 0 Å². The van der Waals surface area contributed by atoms with Crippen LogP contribution in [-0.2, 0) is 17.8 Å². The Morgan fingerprint density at radius 3 is 2.56 bits per heavy atom. The van der Waals surface area contributed by atoms with Gasteiger partial charge in [-0.1, -0.05) is 42.5 Å². The Morgan fingerprint density at radius 2 is 1.88 bits per heavy atom. The fourth-order valence-corrected chi connectivity index (χ4v) is 3.64. The van der Waals surface area contributed by atoms with Crippen molar-refractivity contribution in [2.75, 3.05) is 38.0 Å². The molecule has 1 aliphatic rings. The Kier molecular flexibility index (Phi) is 6.12. The lowest BCUT2D eigenvalue weighted by molar-refractivity contribution is -0.117. The molecule has 0 spiro atoms. The van der Waals surface area contributed by atoms with Gasteiger partial charge >= 0.3 is 0 Å². The average molecular weight is 359 g/mol.